The van der Waals surface area contributed by atoms with E-state index in [4.69, 9.17) is 15.9 Å². The zero-order valence-electron chi connectivity index (χ0n) is 19.2. The number of methoxy groups -OCH3 is 1. The maximum absolute atomic E-state index is 12.7. The second-order valence-electron chi connectivity index (χ2n) is 8.00. The first-order chi connectivity index (χ1) is 17.1. The van der Waals surface area contributed by atoms with E-state index in [-0.39, 0.29) is 24.4 Å². The first kappa shape index (κ1) is 22.1. The molecule has 1 aliphatic heterocycles. The number of rotatable bonds is 6. The van der Waals surface area contributed by atoms with E-state index in [0.717, 1.165) is 22.4 Å². The molecule has 0 radical (unpaired) electrons. The number of hydrogen-bond donors (Lipinski definition) is 1. The van der Waals surface area contributed by atoms with E-state index >= 15 is 0 Å². The van der Waals surface area contributed by atoms with Gasteiger partial charge < -0.3 is 14.8 Å². The van der Waals surface area contributed by atoms with Crippen molar-refractivity contribution in [2.24, 2.45) is 0 Å². The lowest BCUT2D eigenvalue weighted by Gasteiger charge is -2.24. The van der Waals surface area contributed by atoms with Gasteiger partial charge in [0.25, 0.3) is 5.95 Å². The Morgan fingerprint density at radius 2 is 2.03 bits per heavy atom. The Morgan fingerprint density at radius 1 is 1.20 bits per heavy atom. The SMILES string of the molecule is C#CCOc1ccc([C@H]2CC(=O)Nc3c2c(C)nn3-c2nncc(-c3cccc(OC)c3)n2)cc1. The molecule has 1 N–H and O–H groups in total. The predicted molar refractivity (Wildman–Crippen MR) is 130 cm³/mol. The Hall–Kier alpha value is -4.71. The van der Waals surface area contributed by atoms with Crippen LogP contribution in [0.5, 0.6) is 11.5 Å². The average Bonchev–Trinajstić information content (AvgIpc) is 3.23. The van der Waals surface area contributed by atoms with Gasteiger partial charge in [0, 0.05) is 23.5 Å². The van der Waals surface area contributed by atoms with Gasteiger partial charge in [0.2, 0.25) is 5.91 Å². The summed E-state index contributed by atoms with van der Waals surface area (Å²) < 4.78 is 12.3. The lowest BCUT2D eigenvalue weighted by atomic mass is 9.86. The lowest BCUT2D eigenvalue weighted by Crippen LogP contribution is -2.25. The summed E-state index contributed by atoms with van der Waals surface area (Å²) in [5, 5.41) is 15.9. The third kappa shape index (κ3) is 4.29. The van der Waals surface area contributed by atoms with Crippen LogP contribution in [0.2, 0.25) is 0 Å². The minimum absolute atomic E-state index is 0.117. The second-order valence-corrected chi connectivity index (χ2v) is 8.00. The van der Waals surface area contributed by atoms with E-state index in [9.17, 15) is 4.79 Å². The molecular formula is C26H22N6O3. The van der Waals surface area contributed by atoms with Gasteiger partial charge in [-0.05, 0) is 36.8 Å². The number of amides is 1. The van der Waals surface area contributed by atoms with Gasteiger partial charge in [-0.25, -0.2) is 4.98 Å². The van der Waals surface area contributed by atoms with Crippen molar-refractivity contribution in [1.82, 2.24) is 25.0 Å². The summed E-state index contributed by atoms with van der Waals surface area (Å²) in [6.45, 7) is 2.10. The van der Waals surface area contributed by atoms with Crippen LogP contribution in [-0.4, -0.2) is 44.6 Å². The predicted octanol–water partition coefficient (Wildman–Crippen LogP) is 3.53. The van der Waals surface area contributed by atoms with Gasteiger partial charge >= 0.3 is 0 Å². The van der Waals surface area contributed by atoms with Crippen molar-refractivity contribution >= 4 is 11.7 Å². The van der Waals surface area contributed by atoms with Gasteiger partial charge in [-0.1, -0.05) is 30.2 Å². The van der Waals surface area contributed by atoms with Crippen LogP contribution in [0.3, 0.4) is 0 Å². The molecule has 174 valence electrons. The van der Waals surface area contributed by atoms with Crippen molar-refractivity contribution in [1.29, 1.82) is 0 Å². The fraction of sp³-hybridized carbons (Fsp3) is 0.192. The van der Waals surface area contributed by atoms with E-state index in [2.05, 4.69) is 31.5 Å². The van der Waals surface area contributed by atoms with Gasteiger partial charge in [-0.15, -0.1) is 11.5 Å². The number of nitrogens with zero attached hydrogens (tertiary/aromatic N) is 5. The van der Waals surface area contributed by atoms with Crippen molar-refractivity contribution < 1.29 is 14.3 Å². The lowest BCUT2D eigenvalue weighted by molar-refractivity contribution is -0.116. The van der Waals surface area contributed by atoms with Gasteiger partial charge in [0.05, 0.1) is 24.7 Å². The number of carbonyl (C=O) groups excluding carboxylic acids is 1. The summed E-state index contributed by atoms with van der Waals surface area (Å²) in [6.07, 6.45) is 7.14. The molecule has 0 bridgehead atoms. The third-order valence-corrected chi connectivity index (χ3v) is 5.81. The van der Waals surface area contributed by atoms with Crippen molar-refractivity contribution in [2.75, 3.05) is 19.0 Å². The quantitative estimate of drug-likeness (QED) is 0.434. The summed E-state index contributed by atoms with van der Waals surface area (Å²) >= 11 is 0. The zero-order chi connectivity index (χ0) is 24.4. The van der Waals surface area contributed by atoms with Crippen LogP contribution >= 0.6 is 0 Å². The summed E-state index contributed by atoms with van der Waals surface area (Å²) in [5.74, 6) is 4.34. The normalized spacial score (nSPS) is 14.5. The summed E-state index contributed by atoms with van der Waals surface area (Å²) in [5.41, 5.74) is 4.09. The third-order valence-electron chi connectivity index (χ3n) is 5.81. The Kier molecular flexibility index (Phi) is 5.85. The molecule has 0 saturated heterocycles. The molecule has 4 aromatic rings. The number of hydrogen-bond acceptors (Lipinski definition) is 7. The molecule has 2 aromatic heterocycles. The van der Waals surface area contributed by atoms with Gasteiger partial charge in [-0.2, -0.15) is 14.9 Å². The van der Waals surface area contributed by atoms with Crippen molar-refractivity contribution in [2.45, 2.75) is 19.3 Å². The smallest absolute Gasteiger partial charge is 0.272 e. The maximum atomic E-state index is 12.7. The molecule has 0 aliphatic carbocycles. The van der Waals surface area contributed by atoms with E-state index in [1.54, 1.807) is 13.3 Å². The van der Waals surface area contributed by atoms with Crippen LogP contribution in [0.15, 0.2) is 54.7 Å². The van der Waals surface area contributed by atoms with Crippen LogP contribution in [-0.2, 0) is 4.79 Å². The van der Waals surface area contributed by atoms with Crippen LogP contribution < -0.4 is 14.8 Å². The van der Waals surface area contributed by atoms with Crippen LogP contribution in [0.1, 0.15) is 29.2 Å². The number of aryl methyl sites for hydroxylation is 1. The molecule has 3 heterocycles. The molecule has 1 amide bonds. The standard InChI is InChI=1S/C26H22N6O3/c1-4-12-35-19-10-8-17(9-11-19)21-14-23(33)29-25-24(21)16(2)31-32(25)26-28-22(15-27-30-26)18-6-5-7-20(13-18)34-3/h1,5-11,13,15,21H,12,14H2,2-3H3,(H,29,33)/t21-/m1/s1. The van der Waals surface area contributed by atoms with Gasteiger partial charge in [0.1, 0.15) is 23.9 Å². The number of aromatic nitrogens is 5. The number of carbonyl (C=O) groups is 1. The van der Waals surface area contributed by atoms with Crippen LogP contribution in [0, 0.1) is 19.3 Å². The van der Waals surface area contributed by atoms with Gasteiger partial charge in [-0.3, -0.25) is 4.79 Å². The molecule has 0 spiro atoms. The number of nitrogens with one attached hydrogen (secondary N) is 1. The topological polar surface area (TPSA) is 104 Å². The van der Waals surface area contributed by atoms with Crippen molar-refractivity contribution in [3.63, 3.8) is 0 Å². The second kappa shape index (κ2) is 9.27. The molecule has 35 heavy (non-hydrogen) atoms. The van der Waals surface area contributed by atoms with Crippen molar-refractivity contribution in [3.8, 4) is 41.0 Å². The number of terminal acetylenes is 1. The molecule has 0 unspecified atom stereocenters. The molecular weight excluding hydrogens is 444 g/mol. The van der Waals surface area contributed by atoms with E-state index < -0.39 is 0 Å². The Morgan fingerprint density at radius 3 is 2.80 bits per heavy atom. The Labute approximate surface area is 202 Å². The van der Waals surface area contributed by atoms with E-state index in [1.807, 2.05) is 55.5 Å². The molecule has 2 aromatic carbocycles. The molecule has 0 saturated carbocycles. The fourth-order valence-electron chi connectivity index (χ4n) is 4.20. The number of anilines is 1. The highest BCUT2D eigenvalue weighted by Gasteiger charge is 2.33. The minimum atomic E-state index is -0.177. The van der Waals surface area contributed by atoms with Crippen molar-refractivity contribution in [3.05, 3.63) is 71.5 Å². The molecule has 1 atom stereocenters. The number of benzene rings is 2. The van der Waals surface area contributed by atoms with Crippen LogP contribution in [0.25, 0.3) is 17.2 Å². The summed E-state index contributed by atoms with van der Waals surface area (Å²) in [6, 6.07) is 15.1. The monoisotopic (exact) mass is 466 g/mol. The highest BCUT2D eigenvalue weighted by Crippen LogP contribution is 2.40. The Balaban J connectivity index is 1.53. The van der Waals surface area contributed by atoms with E-state index in [1.165, 1.54) is 4.68 Å². The van der Waals surface area contributed by atoms with Crippen LogP contribution in [0.4, 0.5) is 5.82 Å². The Bertz CT molecular complexity index is 1440. The maximum Gasteiger partial charge on any atom is 0.272 e. The molecule has 9 nitrogen and oxygen atoms in total. The minimum Gasteiger partial charge on any atom is -0.497 e. The van der Waals surface area contributed by atoms with E-state index in [0.29, 0.717) is 29.4 Å². The molecule has 9 heteroatoms. The van der Waals surface area contributed by atoms with Gasteiger partial charge in [0.15, 0.2) is 0 Å². The largest absolute Gasteiger partial charge is 0.497 e. The molecule has 0 fully saturated rings. The fourth-order valence-corrected chi connectivity index (χ4v) is 4.20. The number of fused-ring (bicyclic) bond motifs is 1. The summed E-state index contributed by atoms with van der Waals surface area (Å²) in [7, 11) is 1.61. The zero-order valence-corrected chi connectivity index (χ0v) is 19.2. The average molecular weight is 467 g/mol. The first-order valence-electron chi connectivity index (χ1n) is 11.0. The molecule has 1 aliphatic rings. The summed E-state index contributed by atoms with van der Waals surface area (Å²) in [4.78, 5) is 17.4. The molecule has 5 rings (SSSR count). The highest BCUT2D eigenvalue weighted by molar-refractivity contribution is 5.95. The first-order valence-corrected chi connectivity index (χ1v) is 11.0. The highest BCUT2D eigenvalue weighted by atomic mass is 16.5. The number of ether oxygens (including phenoxy) is 2.